The number of hydrogen-bond donors (Lipinski definition) is 1. The zero-order chi connectivity index (χ0) is 17.9. The lowest BCUT2D eigenvalue weighted by molar-refractivity contribution is -0.0838. The maximum atomic E-state index is 11.8. The Balaban J connectivity index is 2.01. The summed E-state index contributed by atoms with van der Waals surface area (Å²) in [6, 6.07) is 18.7. The standard InChI is InChI=1S/C22H29NO2/c1-23(2)21(17-9-5-4-6-10-17)20-11-7-8-16-22(20,24)18-12-14-19(25-3)15-13-18/h4-6,9-10,12-15,20-21,24H,7-8,11,16H2,1-3H3. The molecular formula is C22H29NO2. The van der Waals surface area contributed by atoms with Gasteiger partial charge in [-0.2, -0.15) is 0 Å². The van der Waals surface area contributed by atoms with Crippen molar-refractivity contribution in [2.75, 3.05) is 21.2 Å². The van der Waals surface area contributed by atoms with Gasteiger partial charge in [-0.15, -0.1) is 0 Å². The van der Waals surface area contributed by atoms with Gasteiger partial charge in [0.05, 0.1) is 12.7 Å². The number of ether oxygens (including phenoxy) is 1. The van der Waals surface area contributed by atoms with Crippen LogP contribution in [0.5, 0.6) is 5.75 Å². The fourth-order valence-corrected chi connectivity index (χ4v) is 4.38. The highest BCUT2D eigenvalue weighted by molar-refractivity contribution is 5.33. The van der Waals surface area contributed by atoms with Crippen molar-refractivity contribution in [3.63, 3.8) is 0 Å². The summed E-state index contributed by atoms with van der Waals surface area (Å²) in [7, 11) is 5.89. The predicted molar refractivity (Wildman–Crippen MR) is 102 cm³/mol. The third-order valence-electron chi connectivity index (χ3n) is 5.60. The van der Waals surface area contributed by atoms with Crippen LogP contribution in [0.3, 0.4) is 0 Å². The molecule has 3 atom stereocenters. The van der Waals surface area contributed by atoms with Crippen molar-refractivity contribution in [3.05, 3.63) is 65.7 Å². The molecule has 0 radical (unpaired) electrons. The SMILES string of the molecule is COc1ccc(C2(O)CCCCC2C(c2ccccc2)N(C)C)cc1. The maximum absolute atomic E-state index is 11.8. The molecule has 1 fully saturated rings. The highest BCUT2D eigenvalue weighted by atomic mass is 16.5. The highest BCUT2D eigenvalue weighted by Gasteiger charge is 2.45. The third-order valence-corrected chi connectivity index (χ3v) is 5.60. The Hall–Kier alpha value is -1.84. The minimum absolute atomic E-state index is 0.159. The summed E-state index contributed by atoms with van der Waals surface area (Å²) >= 11 is 0. The third kappa shape index (κ3) is 3.58. The molecule has 0 aromatic heterocycles. The molecule has 3 heteroatoms. The van der Waals surface area contributed by atoms with E-state index < -0.39 is 5.60 Å². The normalized spacial score (nSPS) is 24.9. The molecule has 1 aliphatic carbocycles. The number of benzene rings is 2. The van der Waals surface area contributed by atoms with Crippen LogP contribution in [-0.2, 0) is 5.60 Å². The fraction of sp³-hybridized carbons (Fsp3) is 0.455. The van der Waals surface area contributed by atoms with E-state index in [0.29, 0.717) is 0 Å². The van der Waals surface area contributed by atoms with E-state index in [1.807, 2.05) is 30.3 Å². The molecular weight excluding hydrogens is 310 g/mol. The van der Waals surface area contributed by atoms with E-state index in [0.717, 1.165) is 30.6 Å². The smallest absolute Gasteiger partial charge is 0.118 e. The molecule has 134 valence electrons. The van der Waals surface area contributed by atoms with Gasteiger partial charge >= 0.3 is 0 Å². The van der Waals surface area contributed by atoms with Gasteiger partial charge in [0.25, 0.3) is 0 Å². The van der Waals surface area contributed by atoms with Gasteiger partial charge in [0.15, 0.2) is 0 Å². The first-order chi connectivity index (χ1) is 12.1. The van der Waals surface area contributed by atoms with Gasteiger partial charge in [0, 0.05) is 12.0 Å². The monoisotopic (exact) mass is 339 g/mol. The summed E-state index contributed by atoms with van der Waals surface area (Å²) in [5.74, 6) is 0.985. The molecule has 3 rings (SSSR count). The lowest BCUT2D eigenvalue weighted by atomic mass is 9.67. The van der Waals surface area contributed by atoms with Crippen LogP contribution in [0.15, 0.2) is 54.6 Å². The van der Waals surface area contributed by atoms with Gasteiger partial charge in [-0.25, -0.2) is 0 Å². The summed E-state index contributed by atoms with van der Waals surface area (Å²) in [4.78, 5) is 2.25. The second-order valence-corrected chi connectivity index (χ2v) is 7.32. The summed E-state index contributed by atoms with van der Waals surface area (Å²) < 4.78 is 5.28. The molecule has 1 N–H and O–H groups in total. The molecule has 0 bridgehead atoms. The average molecular weight is 339 g/mol. The Morgan fingerprint density at radius 2 is 1.72 bits per heavy atom. The summed E-state index contributed by atoms with van der Waals surface area (Å²) in [5, 5.41) is 11.8. The summed E-state index contributed by atoms with van der Waals surface area (Å²) in [6.45, 7) is 0. The van der Waals surface area contributed by atoms with Crippen LogP contribution in [0, 0.1) is 5.92 Å². The first kappa shape index (κ1) is 18.0. The number of aliphatic hydroxyl groups is 1. The first-order valence-electron chi connectivity index (χ1n) is 9.14. The molecule has 1 aliphatic rings. The van der Waals surface area contributed by atoms with E-state index >= 15 is 0 Å². The minimum atomic E-state index is -0.810. The molecule has 0 heterocycles. The predicted octanol–water partition coefficient (Wildman–Crippen LogP) is 4.38. The molecule has 0 spiro atoms. The summed E-state index contributed by atoms with van der Waals surface area (Å²) in [6.07, 6.45) is 4.07. The fourth-order valence-electron chi connectivity index (χ4n) is 4.38. The lowest BCUT2D eigenvalue weighted by Gasteiger charge is -2.46. The zero-order valence-corrected chi connectivity index (χ0v) is 15.5. The molecule has 0 saturated heterocycles. The Morgan fingerprint density at radius 1 is 1.04 bits per heavy atom. The van der Waals surface area contributed by atoms with Crippen LogP contribution in [0.4, 0.5) is 0 Å². The van der Waals surface area contributed by atoms with E-state index in [2.05, 4.69) is 43.3 Å². The summed E-state index contributed by atoms with van der Waals surface area (Å²) in [5.41, 5.74) is 1.46. The van der Waals surface area contributed by atoms with Gasteiger partial charge in [-0.1, -0.05) is 55.3 Å². The number of hydrogen-bond acceptors (Lipinski definition) is 3. The van der Waals surface area contributed by atoms with Crippen molar-refractivity contribution in [1.82, 2.24) is 4.90 Å². The van der Waals surface area contributed by atoms with Crippen molar-refractivity contribution >= 4 is 0 Å². The van der Waals surface area contributed by atoms with Crippen LogP contribution >= 0.6 is 0 Å². The maximum Gasteiger partial charge on any atom is 0.118 e. The Labute approximate surface area is 151 Å². The quantitative estimate of drug-likeness (QED) is 0.878. The molecule has 0 amide bonds. The van der Waals surface area contributed by atoms with Gasteiger partial charge in [-0.05, 0) is 50.2 Å². The van der Waals surface area contributed by atoms with Gasteiger partial charge in [0.1, 0.15) is 5.75 Å². The van der Waals surface area contributed by atoms with Crippen molar-refractivity contribution in [1.29, 1.82) is 0 Å². The number of methoxy groups -OCH3 is 1. The molecule has 2 aromatic rings. The largest absolute Gasteiger partial charge is 0.497 e. The van der Waals surface area contributed by atoms with Gasteiger partial charge in [-0.3, -0.25) is 0 Å². The molecule has 3 unspecified atom stereocenters. The number of rotatable bonds is 5. The van der Waals surface area contributed by atoms with Crippen LogP contribution in [0.2, 0.25) is 0 Å². The van der Waals surface area contributed by atoms with E-state index in [1.54, 1.807) is 7.11 Å². The van der Waals surface area contributed by atoms with E-state index in [9.17, 15) is 5.11 Å². The molecule has 0 aliphatic heterocycles. The molecule has 2 aromatic carbocycles. The molecule has 3 nitrogen and oxygen atoms in total. The zero-order valence-electron chi connectivity index (χ0n) is 15.5. The van der Waals surface area contributed by atoms with E-state index in [1.165, 1.54) is 12.0 Å². The van der Waals surface area contributed by atoms with E-state index in [4.69, 9.17) is 4.74 Å². The molecule has 1 saturated carbocycles. The highest BCUT2D eigenvalue weighted by Crippen LogP contribution is 2.49. The minimum Gasteiger partial charge on any atom is -0.497 e. The Kier molecular flexibility index (Phi) is 5.45. The van der Waals surface area contributed by atoms with Crippen LogP contribution in [-0.4, -0.2) is 31.2 Å². The van der Waals surface area contributed by atoms with Crippen molar-refractivity contribution in [2.24, 2.45) is 5.92 Å². The lowest BCUT2D eigenvalue weighted by Crippen LogP contribution is -2.45. The number of nitrogens with zero attached hydrogens (tertiary/aromatic N) is 1. The van der Waals surface area contributed by atoms with Crippen LogP contribution in [0.1, 0.15) is 42.9 Å². The molecule has 25 heavy (non-hydrogen) atoms. The van der Waals surface area contributed by atoms with E-state index in [-0.39, 0.29) is 12.0 Å². The van der Waals surface area contributed by atoms with Gasteiger partial charge in [0.2, 0.25) is 0 Å². The second kappa shape index (κ2) is 7.59. The second-order valence-electron chi connectivity index (χ2n) is 7.32. The van der Waals surface area contributed by atoms with Crippen molar-refractivity contribution in [3.8, 4) is 5.75 Å². The first-order valence-corrected chi connectivity index (χ1v) is 9.14. The topological polar surface area (TPSA) is 32.7 Å². The van der Waals surface area contributed by atoms with Crippen molar-refractivity contribution in [2.45, 2.75) is 37.3 Å². The van der Waals surface area contributed by atoms with Gasteiger partial charge < -0.3 is 14.7 Å². The van der Waals surface area contributed by atoms with Crippen molar-refractivity contribution < 1.29 is 9.84 Å². The Bertz CT molecular complexity index is 668. The average Bonchev–Trinajstić information content (AvgIpc) is 2.64. The van der Waals surface area contributed by atoms with Crippen LogP contribution in [0.25, 0.3) is 0 Å². The van der Waals surface area contributed by atoms with Crippen LogP contribution < -0.4 is 4.74 Å². The Morgan fingerprint density at radius 3 is 2.32 bits per heavy atom.